The normalized spacial score (nSPS) is 11.5. The minimum absolute atomic E-state index is 0.00753. The lowest BCUT2D eigenvalue weighted by Gasteiger charge is -2.24. The smallest absolute Gasteiger partial charge is 0.335 e. The van der Waals surface area contributed by atoms with Crippen molar-refractivity contribution in [3.63, 3.8) is 0 Å². The van der Waals surface area contributed by atoms with Crippen LogP contribution in [0, 0.1) is 6.92 Å². The summed E-state index contributed by atoms with van der Waals surface area (Å²) in [5, 5.41) is 20.3. The fourth-order valence-corrected chi connectivity index (χ4v) is 6.26. The van der Waals surface area contributed by atoms with Crippen molar-refractivity contribution in [2.24, 2.45) is 0 Å². The summed E-state index contributed by atoms with van der Waals surface area (Å²) in [6.07, 6.45) is 0. The maximum Gasteiger partial charge on any atom is 0.335 e. The molecule has 158 valence electrons. The molecule has 0 saturated carbocycles. The average molecular weight is 454 g/mol. The molecule has 3 aromatic carbocycles. The van der Waals surface area contributed by atoms with Gasteiger partial charge in [-0.25, -0.2) is 13.2 Å². The second-order valence-electron chi connectivity index (χ2n) is 7.04. The van der Waals surface area contributed by atoms with Crippen LogP contribution in [0.3, 0.4) is 0 Å². The third-order valence-electron chi connectivity index (χ3n) is 5.00. The topological polar surface area (TPSA) is 94.9 Å². The third kappa shape index (κ3) is 3.99. The van der Waals surface area contributed by atoms with Gasteiger partial charge >= 0.3 is 5.97 Å². The number of hydrogen-bond acceptors (Lipinski definition) is 5. The van der Waals surface area contributed by atoms with E-state index >= 15 is 0 Å². The highest BCUT2D eigenvalue weighted by atomic mass is 32.2. The molecule has 0 atom stereocenters. The van der Waals surface area contributed by atoms with Gasteiger partial charge in [0.05, 0.1) is 17.0 Å². The van der Waals surface area contributed by atoms with E-state index in [2.05, 4.69) is 0 Å². The minimum atomic E-state index is -3.99. The molecule has 0 saturated heterocycles. The largest absolute Gasteiger partial charge is 0.508 e. The Morgan fingerprint density at radius 3 is 2.23 bits per heavy atom. The zero-order valence-electron chi connectivity index (χ0n) is 16.5. The van der Waals surface area contributed by atoms with Gasteiger partial charge in [-0.05, 0) is 65.9 Å². The van der Waals surface area contributed by atoms with E-state index in [1.165, 1.54) is 52.0 Å². The zero-order chi connectivity index (χ0) is 22.2. The number of aromatic carboxylic acids is 1. The fraction of sp³-hybridized carbons (Fsp3) is 0.0870. The second-order valence-corrected chi connectivity index (χ2v) is 9.93. The maximum absolute atomic E-state index is 13.7. The highest BCUT2D eigenvalue weighted by Gasteiger charge is 2.29. The summed E-state index contributed by atoms with van der Waals surface area (Å²) in [6.45, 7) is 1.96. The van der Waals surface area contributed by atoms with Crippen LogP contribution < -0.4 is 4.31 Å². The first-order valence-corrected chi connectivity index (χ1v) is 11.6. The number of carbonyl (C=O) groups is 1. The number of fused-ring (bicyclic) bond motifs is 1. The van der Waals surface area contributed by atoms with Crippen molar-refractivity contribution in [3.05, 3.63) is 89.5 Å². The van der Waals surface area contributed by atoms with Gasteiger partial charge in [-0.15, -0.1) is 11.3 Å². The van der Waals surface area contributed by atoms with Crippen LogP contribution in [0.5, 0.6) is 5.75 Å². The number of phenolic OH excluding ortho intramolecular Hbond substituents is 1. The first-order valence-electron chi connectivity index (χ1n) is 9.39. The monoisotopic (exact) mass is 453 g/mol. The van der Waals surface area contributed by atoms with Crippen LogP contribution in [0.2, 0.25) is 0 Å². The molecule has 0 aliphatic carbocycles. The van der Waals surface area contributed by atoms with Crippen molar-refractivity contribution in [1.29, 1.82) is 0 Å². The Morgan fingerprint density at radius 1 is 0.968 bits per heavy atom. The summed E-state index contributed by atoms with van der Waals surface area (Å²) in [7, 11) is -3.99. The second kappa shape index (κ2) is 8.05. The lowest BCUT2D eigenvalue weighted by molar-refractivity contribution is 0.0696. The third-order valence-corrected chi connectivity index (χ3v) is 8.17. The molecule has 4 aromatic rings. The number of nitrogens with zero attached hydrogens (tertiary/aromatic N) is 1. The van der Waals surface area contributed by atoms with Gasteiger partial charge in [-0.2, -0.15) is 0 Å². The summed E-state index contributed by atoms with van der Waals surface area (Å²) in [5.41, 5.74) is 1.58. The lowest BCUT2D eigenvalue weighted by Crippen LogP contribution is -2.30. The van der Waals surface area contributed by atoms with Crippen molar-refractivity contribution in [3.8, 4) is 5.75 Å². The summed E-state index contributed by atoms with van der Waals surface area (Å²) in [5.74, 6) is -1.02. The van der Waals surface area contributed by atoms with Crippen LogP contribution in [0.4, 0.5) is 5.00 Å². The lowest BCUT2D eigenvalue weighted by atomic mass is 10.2. The number of aromatic hydroxyl groups is 1. The van der Waals surface area contributed by atoms with Crippen molar-refractivity contribution in [1.82, 2.24) is 0 Å². The molecule has 31 heavy (non-hydrogen) atoms. The maximum atomic E-state index is 13.7. The highest BCUT2D eigenvalue weighted by Crippen LogP contribution is 2.40. The molecule has 0 bridgehead atoms. The number of phenols is 1. The molecule has 1 heterocycles. The van der Waals surface area contributed by atoms with E-state index in [1.54, 1.807) is 12.1 Å². The van der Waals surface area contributed by atoms with Crippen LogP contribution in [0.1, 0.15) is 21.5 Å². The number of benzene rings is 3. The number of anilines is 1. The molecule has 0 aliphatic rings. The predicted octanol–water partition coefficient (Wildman–Crippen LogP) is 5.01. The molecule has 6 nitrogen and oxygen atoms in total. The summed E-state index contributed by atoms with van der Waals surface area (Å²) >= 11 is 1.39. The Hall–Kier alpha value is -3.36. The van der Waals surface area contributed by atoms with E-state index in [1.807, 2.05) is 31.2 Å². The van der Waals surface area contributed by atoms with E-state index < -0.39 is 16.0 Å². The summed E-state index contributed by atoms with van der Waals surface area (Å²) in [6, 6.07) is 19.3. The Morgan fingerprint density at radius 2 is 1.61 bits per heavy atom. The van der Waals surface area contributed by atoms with Gasteiger partial charge in [0.2, 0.25) is 0 Å². The summed E-state index contributed by atoms with van der Waals surface area (Å²) in [4.78, 5) is 11.2. The molecule has 0 fully saturated rings. The van der Waals surface area contributed by atoms with Gasteiger partial charge in [-0.1, -0.05) is 30.3 Å². The quantitative estimate of drug-likeness (QED) is 0.428. The molecule has 0 aliphatic heterocycles. The van der Waals surface area contributed by atoms with Gasteiger partial charge in [0.1, 0.15) is 10.8 Å². The van der Waals surface area contributed by atoms with Crippen LogP contribution >= 0.6 is 11.3 Å². The van der Waals surface area contributed by atoms with E-state index in [-0.39, 0.29) is 22.8 Å². The molecular weight excluding hydrogens is 434 g/mol. The van der Waals surface area contributed by atoms with Gasteiger partial charge in [0.25, 0.3) is 10.0 Å². The van der Waals surface area contributed by atoms with Gasteiger partial charge in [-0.3, -0.25) is 4.31 Å². The van der Waals surface area contributed by atoms with Crippen LogP contribution in [-0.4, -0.2) is 24.6 Å². The van der Waals surface area contributed by atoms with Gasteiger partial charge in [0, 0.05) is 4.70 Å². The Bertz CT molecular complexity index is 1360. The Labute approximate surface area is 183 Å². The molecule has 0 amide bonds. The number of sulfonamides is 1. The fourth-order valence-electron chi connectivity index (χ4n) is 3.33. The highest BCUT2D eigenvalue weighted by molar-refractivity contribution is 7.93. The van der Waals surface area contributed by atoms with E-state index in [9.17, 15) is 18.3 Å². The van der Waals surface area contributed by atoms with Gasteiger partial charge < -0.3 is 10.2 Å². The molecule has 0 spiro atoms. The number of carboxylic acid groups (broad SMARTS) is 1. The van der Waals surface area contributed by atoms with Crippen LogP contribution in [0.25, 0.3) is 10.1 Å². The number of carboxylic acids is 1. The first-order chi connectivity index (χ1) is 14.8. The van der Waals surface area contributed by atoms with Crippen molar-refractivity contribution in [2.75, 3.05) is 4.31 Å². The average Bonchev–Trinajstić information content (AvgIpc) is 3.09. The molecular formula is C23H19NO5S2. The Balaban J connectivity index is 1.85. The van der Waals surface area contributed by atoms with Gasteiger partial charge in [0.15, 0.2) is 0 Å². The molecule has 1 aromatic heterocycles. The SMILES string of the molecule is Cc1c(N(Cc2ccc(O)cc2)S(=O)(=O)c2ccc(C(=O)O)cc2)sc2ccccc12. The predicted molar refractivity (Wildman–Crippen MR) is 121 cm³/mol. The van der Waals surface area contributed by atoms with Crippen LogP contribution in [-0.2, 0) is 16.6 Å². The van der Waals surface area contributed by atoms with E-state index in [0.717, 1.165) is 15.6 Å². The molecule has 4 rings (SSSR count). The molecule has 0 unspecified atom stereocenters. The summed E-state index contributed by atoms with van der Waals surface area (Å²) < 4.78 is 29.6. The standard InChI is InChI=1S/C23H19NO5S2/c1-15-20-4-2-3-5-21(20)30-22(15)24(14-16-6-10-18(25)11-7-16)31(28,29)19-12-8-17(9-13-19)23(26)27/h2-13,25H,14H2,1H3,(H,26,27). The van der Waals surface area contributed by atoms with Crippen molar-refractivity contribution < 1.29 is 23.4 Å². The number of rotatable bonds is 6. The first kappa shape index (κ1) is 20.9. The van der Waals surface area contributed by atoms with Crippen molar-refractivity contribution >= 4 is 42.4 Å². The van der Waals surface area contributed by atoms with Crippen LogP contribution in [0.15, 0.2) is 77.7 Å². The van der Waals surface area contributed by atoms with E-state index in [0.29, 0.717) is 10.6 Å². The van der Waals surface area contributed by atoms with Crippen molar-refractivity contribution in [2.45, 2.75) is 18.4 Å². The Kier molecular flexibility index (Phi) is 5.43. The minimum Gasteiger partial charge on any atom is -0.508 e. The molecule has 2 N–H and O–H groups in total. The molecule has 8 heteroatoms. The van der Waals surface area contributed by atoms with E-state index in [4.69, 9.17) is 5.11 Å². The number of hydrogen-bond donors (Lipinski definition) is 2. The molecule has 0 radical (unpaired) electrons. The number of thiophene rings is 1. The number of aryl methyl sites for hydroxylation is 1. The zero-order valence-corrected chi connectivity index (χ0v) is 18.2.